The van der Waals surface area contributed by atoms with Gasteiger partial charge in [0.05, 0.1) is 23.7 Å². The van der Waals surface area contributed by atoms with Crippen LogP contribution in [0, 0.1) is 0 Å². The van der Waals surface area contributed by atoms with Gasteiger partial charge in [-0.05, 0) is 36.6 Å². The highest BCUT2D eigenvalue weighted by atomic mass is 19.4. The Bertz CT molecular complexity index is 538. The molecule has 0 unspecified atom stereocenters. The molecule has 0 amide bonds. The van der Waals surface area contributed by atoms with Crippen LogP contribution in [0.3, 0.4) is 0 Å². The van der Waals surface area contributed by atoms with Gasteiger partial charge in [0.2, 0.25) is 0 Å². The van der Waals surface area contributed by atoms with Crippen LogP contribution >= 0.6 is 0 Å². The first-order chi connectivity index (χ1) is 10.4. The summed E-state index contributed by atoms with van der Waals surface area (Å²) in [6.45, 7) is 3.02. The van der Waals surface area contributed by atoms with E-state index in [4.69, 9.17) is 0 Å². The molecule has 1 rings (SSSR count). The van der Waals surface area contributed by atoms with E-state index in [-0.39, 0.29) is 24.5 Å². The molecule has 0 radical (unpaired) electrons. The Kier molecular flexibility index (Phi) is 5.38. The molecule has 0 saturated heterocycles. The number of esters is 1. The average molecular weight is 342 g/mol. The van der Waals surface area contributed by atoms with Crippen molar-refractivity contribution >= 4 is 5.97 Å². The first-order valence-corrected chi connectivity index (χ1v) is 6.80. The Balaban J connectivity index is 3.71. The Labute approximate surface area is 129 Å². The Morgan fingerprint density at radius 3 is 1.48 bits per heavy atom. The Hall–Kier alpha value is -1.73. The minimum absolute atomic E-state index is 0.00871. The van der Waals surface area contributed by atoms with Crippen molar-refractivity contribution in [2.75, 3.05) is 7.11 Å². The van der Waals surface area contributed by atoms with E-state index in [0.717, 1.165) is 7.11 Å². The Morgan fingerprint density at radius 1 is 0.870 bits per heavy atom. The summed E-state index contributed by atoms with van der Waals surface area (Å²) in [6, 6.07) is 1.20. The molecule has 0 aliphatic carbocycles. The van der Waals surface area contributed by atoms with Crippen molar-refractivity contribution in [2.45, 2.75) is 44.5 Å². The van der Waals surface area contributed by atoms with Gasteiger partial charge in [0.25, 0.3) is 0 Å². The summed E-state index contributed by atoms with van der Waals surface area (Å²) in [4.78, 5) is 12.0. The molecule has 0 N–H and O–H groups in total. The van der Waals surface area contributed by atoms with Crippen LogP contribution < -0.4 is 0 Å². The van der Waals surface area contributed by atoms with Gasteiger partial charge in [-0.3, -0.25) is 4.79 Å². The standard InChI is InChI=1S/C15H16F6O2/c1-4-13(5-2,12(22)23-3)9-6-10(14(16,17)18)8-11(7-9)15(19,20)21/h6-8H,4-5H2,1-3H3. The van der Waals surface area contributed by atoms with Gasteiger partial charge in [0, 0.05) is 0 Å². The predicted molar refractivity (Wildman–Crippen MR) is 70.7 cm³/mol. The molecule has 2 nitrogen and oxygen atoms in total. The number of methoxy groups -OCH3 is 1. The van der Waals surface area contributed by atoms with Gasteiger partial charge in [-0.15, -0.1) is 0 Å². The van der Waals surface area contributed by atoms with Crippen LogP contribution in [0.1, 0.15) is 43.4 Å². The molecule has 0 saturated carbocycles. The largest absolute Gasteiger partial charge is 0.468 e. The number of hydrogen-bond acceptors (Lipinski definition) is 2. The number of halogens is 6. The molecule has 0 aliphatic heterocycles. The van der Waals surface area contributed by atoms with Crippen molar-refractivity contribution in [3.8, 4) is 0 Å². The molecule has 0 aromatic heterocycles. The molecule has 8 heteroatoms. The molecule has 0 atom stereocenters. The third-order valence-electron chi connectivity index (χ3n) is 3.92. The predicted octanol–water partition coefficient (Wildman–Crippen LogP) is 4.96. The summed E-state index contributed by atoms with van der Waals surface area (Å²) in [7, 11) is 1.04. The summed E-state index contributed by atoms with van der Waals surface area (Å²) < 4.78 is 82.2. The van der Waals surface area contributed by atoms with Crippen LogP contribution in [0.4, 0.5) is 26.3 Å². The molecule has 0 heterocycles. The maximum absolute atomic E-state index is 12.9. The number of ether oxygens (including phenoxy) is 1. The number of hydrogen-bond donors (Lipinski definition) is 0. The zero-order valence-electron chi connectivity index (χ0n) is 12.7. The third kappa shape index (κ3) is 3.79. The summed E-state index contributed by atoms with van der Waals surface area (Å²) in [5, 5.41) is 0. The van der Waals surface area contributed by atoms with E-state index in [9.17, 15) is 31.1 Å². The zero-order valence-corrected chi connectivity index (χ0v) is 12.7. The lowest BCUT2D eigenvalue weighted by Crippen LogP contribution is -2.36. The zero-order chi connectivity index (χ0) is 18.1. The maximum atomic E-state index is 12.9. The first-order valence-electron chi connectivity index (χ1n) is 6.80. The van der Waals surface area contributed by atoms with Crippen molar-refractivity contribution in [1.82, 2.24) is 0 Å². The number of rotatable bonds is 4. The van der Waals surface area contributed by atoms with E-state index in [1.165, 1.54) is 13.8 Å². The molecule has 0 aliphatic rings. The average Bonchev–Trinajstić information content (AvgIpc) is 2.46. The van der Waals surface area contributed by atoms with Gasteiger partial charge in [-0.1, -0.05) is 13.8 Å². The second-order valence-electron chi connectivity index (χ2n) is 5.08. The minimum Gasteiger partial charge on any atom is -0.468 e. The highest BCUT2D eigenvalue weighted by Crippen LogP contribution is 2.41. The van der Waals surface area contributed by atoms with Gasteiger partial charge >= 0.3 is 18.3 Å². The number of carbonyl (C=O) groups excluding carboxylic acids is 1. The molecule has 0 spiro atoms. The number of benzene rings is 1. The van der Waals surface area contributed by atoms with Crippen LogP contribution in [-0.4, -0.2) is 13.1 Å². The van der Waals surface area contributed by atoms with Crippen LogP contribution in [-0.2, 0) is 27.3 Å². The molecule has 23 heavy (non-hydrogen) atoms. The smallest absolute Gasteiger partial charge is 0.416 e. The fourth-order valence-electron chi connectivity index (χ4n) is 2.49. The summed E-state index contributed by atoms with van der Waals surface area (Å²) >= 11 is 0. The minimum atomic E-state index is -4.96. The van der Waals surface area contributed by atoms with Gasteiger partial charge in [0.15, 0.2) is 0 Å². The lowest BCUT2D eigenvalue weighted by atomic mass is 9.75. The monoisotopic (exact) mass is 342 g/mol. The Morgan fingerprint density at radius 2 is 1.22 bits per heavy atom. The van der Waals surface area contributed by atoms with Crippen molar-refractivity contribution < 1.29 is 35.9 Å². The molecule has 130 valence electrons. The molecule has 0 bridgehead atoms. The lowest BCUT2D eigenvalue weighted by Gasteiger charge is -2.30. The van der Waals surface area contributed by atoms with Crippen LogP contribution in [0.15, 0.2) is 18.2 Å². The topological polar surface area (TPSA) is 26.3 Å². The van der Waals surface area contributed by atoms with Crippen molar-refractivity contribution in [3.05, 3.63) is 34.9 Å². The summed E-state index contributed by atoms with van der Waals surface area (Å²) in [6.07, 6.45) is -9.90. The number of carbonyl (C=O) groups is 1. The maximum Gasteiger partial charge on any atom is 0.416 e. The molecule has 1 aromatic rings. The fraction of sp³-hybridized carbons (Fsp3) is 0.533. The quantitative estimate of drug-likeness (QED) is 0.571. The van der Waals surface area contributed by atoms with E-state index in [1.807, 2.05) is 0 Å². The molecule has 1 aromatic carbocycles. The van der Waals surface area contributed by atoms with Gasteiger partial charge in [-0.25, -0.2) is 0 Å². The van der Waals surface area contributed by atoms with Gasteiger partial charge < -0.3 is 4.74 Å². The number of alkyl halides is 6. The highest BCUT2D eigenvalue weighted by Gasteiger charge is 2.43. The van der Waals surface area contributed by atoms with Crippen LogP contribution in [0.5, 0.6) is 0 Å². The SMILES string of the molecule is CCC(CC)(C(=O)OC)c1cc(C(F)(F)F)cc(C(F)(F)F)c1. The molecular formula is C15H16F6O2. The van der Waals surface area contributed by atoms with Crippen LogP contribution in [0.25, 0.3) is 0 Å². The highest BCUT2D eigenvalue weighted by molar-refractivity contribution is 5.83. The first kappa shape index (κ1) is 19.3. The van der Waals surface area contributed by atoms with Crippen molar-refractivity contribution in [3.63, 3.8) is 0 Å². The molecule has 0 fully saturated rings. The van der Waals surface area contributed by atoms with E-state index in [0.29, 0.717) is 12.1 Å². The van der Waals surface area contributed by atoms with E-state index in [2.05, 4.69) is 4.74 Å². The lowest BCUT2D eigenvalue weighted by molar-refractivity contribution is -0.149. The van der Waals surface area contributed by atoms with Gasteiger partial charge in [-0.2, -0.15) is 26.3 Å². The van der Waals surface area contributed by atoms with Gasteiger partial charge in [0.1, 0.15) is 0 Å². The normalized spacial score (nSPS) is 13.1. The summed E-state index contributed by atoms with van der Waals surface area (Å²) in [5.74, 6) is -0.866. The van der Waals surface area contributed by atoms with Crippen LogP contribution in [0.2, 0.25) is 0 Å². The summed E-state index contributed by atoms with van der Waals surface area (Å²) in [5.41, 5.74) is -4.80. The van der Waals surface area contributed by atoms with E-state index < -0.39 is 34.9 Å². The van der Waals surface area contributed by atoms with E-state index >= 15 is 0 Å². The van der Waals surface area contributed by atoms with Crippen molar-refractivity contribution in [1.29, 1.82) is 0 Å². The fourth-order valence-corrected chi connectivity index (χ4v) is 2.49. The van der Waals surface area contributed by atoms with Crippen molar-refractivity contribution in [2.24, 2.45) is 0 Å². The third-order valence-corrected chi connectivity index (χ3v) is 3.92. The van der Waals surface area contributed by atoms with E-state index in [1.54, 1.807) is 0 Å². The molecular weight excluding hydrogens is 326 g/mol. The second-order valence-corrected chi connectivity index (χ2v) is 5.08. The second kappa shape index (κ2) is 6.41.